The number of nitrogens with one attached hydrogen (secondary N) is 1. The van der Waals surface area contributed by atoms with Crippen LogP contribution in [0.4, 0.5) is 5.69 Å². The average molecular weight is 450 g/mol. The van der Waals surface area contributed by atoms with Crippen LogP contribution in [-0.2, 0) is 21.2 Å². The number of aryl methyl sites for hydroxylation is 1. The van der Waals surface area contributed by atoms with E-state index in [4.69, 9.17) is 16.3 Å². The van der Waals surface area contributed by atoms with Crippen molar-refractivity contribution in [1.82, 2.24) is 4.90 Å². The Bertz CT molecular complexity index is 1070. The highest BCUT2D eigenvalue weighted by Gasteiger charge is 2.20. The Morgan fingerprint density at radius 1 is 1.27 bits per heavy atom. The molecule has 1 amide bonds. The molecular weight excluding hydrogens is 426 g/mol. The number of anilines is 1. The van der Waals surface area contributed by atoms with E-state index in [-0.39, 0.29) is 17.2 Å². The van der Waals surface area contributed by atoms with Gasteiger partial charge in [0.15, 0.2) is 0 Å². The van der Waals surface area contributed by atoms with E-state index in [0.717, 1.165) is 18.5 Å². The van der Waals surface area contributed by atoms with E-state index >= 15 is 0 Å². The maximum atomic E-state index is 12.6. The number of sulfonamides is 1. The quantitative estimate of drug-likeness (QED) is 0.695. The summed E-state index contributed by atoms with van der Waals surface area (Å²) in [5.41, 5.74) is 1.32. The molecule has 0 unspecified atom stereocenters. The lowest BCUT2D eigenvalue weighted by Crippen LogP contribution is -2.20. The third-order valence-electron chi connectivity index (χ3n) is 4.83. The average Bonchev–Trinajstić information content (AvgIpc) is 3.10. The van der Waals surface area contributed by atoms with Crippen molar-refractivity contribution in [2.75, 3.05) is 26.0 Å². The van der Waals surface area contributed by atoms with E-state index < -0.39 is 10.0 Å². The Morgan fingerprint density at radius 2 is 2.07 bits per heavy atom. The van der Waals surface area contributed by atoms with Crippen LogP contribution in [0.2, 0.25) is 5.02 Å². The first-order chi connectivity index (χ1) is 14.3. The van der Waals surface area contributed by atoms with Crippen LogP contribution in [0.25, 0.3) is 0 Å². The minimum absolute atomic E-state index is 0.0510. The summed E-state index contributed by atoms with van der Waals surface area (Å²) in [5, 5.41) is 3.23. The normalized spacial score (nSPS) is 15.4. The summed E-state index contributed by atoms with van der Waals surface area (Å²) in [7, 11) is -0.463. The van der Waals surface area contributed by atoms with E-state index in [0.29, 0.717) is 35.1 Å². The van der Waals surface area contributed by atoms with Crippen LogP contribution in [-0.4, -0.2) is 45.8 Å². The number of rotatable bonds is 7. The van der Waals surface area contributed by atoms with Gasteiger partial charge in [-0.15, -0.1) is 4.40 Å². The lowest BCUT2D eigenvalue weighted by atomic mass is 10.1. The highest BCUT2D eigenvalue weighted by atomic mass is 35.5. The van der Waals surface area contributed by atoms with Crippen LogP contribution in [0.1, 0.15) is 24.8 Å². The Hall–Kier alpha value is -2.58. The van der Waals surface area contributed by atoms with Gasteiger partial charge < -0.3 is 15.0 Å². The van der Waals surface area contributed by atoms with Gasteiger partial charge in [-0.3, -0.25) is 4.79 Å². The van der Waals surface area contributed by atoms with Crippen molar-refractivity contribution < 1.29 is 17.9 Å². The zero-order valence-electron chi connectivity index (χ0n) is 16.9. The predicted octanol–water partition coefficient (Wildman–Crippen LogP) is 3.73. The Kier molecular flexibility index (Phi) is 6.99. The van der Waals surface area contributed by atoms with Crippen LogP contribution in [0.3, 0.4) is 0 Å². The van der Waals surface area contributed by atoms with Gasteiger partial charge in [-0.2, -0.15) is 8.42 Å². The molecule has 160 valence electrons. The summed E-state index contributed by atoms with van der Waals surface area (Å²) >= 11 is 6.11. The first-order valence-electron chi connectivity index (χ1n) is 9.56. The van der Waals surface area contributed by atoms with Gasteiger partial charge in [0.25, 0.3) is 10.0 Å². The van der Waals surface area contributed by atoms with Gasteiger partial charge in [0.05, 0.1) is 17.0 Å². The van der Waals surface area contributed by atoms with Crippen molar-refractivity contribution >= 4 is 39.1 Å². The molecule has 9 heteroatoms. The first kappa shape index (κ1) is 22.1. The van der Waals surface area contributed by atoms with E-state index in [1.54, 1.807) is 31.4 Å². The number of hydrogen-bond acceptors (Lipinski definition) is 4. The third kappa shape index (κ3) is 5.52. The molecule has 2 aromatic carbocycles. The summed E-state index contributed by atoms with van der Waals surface area (Å²) in [6.07, 6.45) is 2.25. The summed E-state index contributed by atoms with van der Waals surface area (Å²) < 4.78 is 34.3. The van der Waals surface area contributed by atoms with Crippen LogP contribution in [0, 0.1) is 0 Å². The number of nitrogens with zero attached hydrogens (tertiary/aromatic N) is 2. The monoisotopic (exact) mass is 449 g/mol. The molecule has 0 aromatic heterocycles. The number of ether oxygens (including phenoxy) is 1. The van der Waals surface area contributed by atoms with Gasteiger partial charge >= 0.3 is 0 Å². The third-order valence-corrected chi connectivity index (χ3v) is 6.43. The molecule has 0 spiro atoms. The summed E-state index contributed by atoms with van der Waals surface area (Å²) in [4.78, 5) is 14.2. The fourth-order valence-electron chi connectivity index (χ4n) is 3.18. The number of amidine groups is 1. The summed E-state index contributed by atoms with van der Waals surface area (Å²) in [5.74, 6) is 0.913. The van der Waals surface area contributed by atoms with Gasteiger partial charge in [-0.1, -0.05) is 23.7 Å². The minimum Gasteiger partial charge on any atom is -0.495 e. The molecule has 1 N–H and O–H groups in total. The highest BCUT2D eigenvalue weighted by molar-refractivity contribution is 7.90. The number of carbonyl (C=O) groups is 1. The van der Waals surface area contributed by atoms with Crippen molar-refractivity contribution in [2.24, 2.45) is 4.40 Å². The number of likely N-dealkylation sites (tertiary alicyclic amines) is 1. The molecule has 2 aromatic rings. The van der Waals surface area contributed by atoms with E-state index in [1.807, 2.05) is 18.0 Å². The Balaban J connectivity index is 1.64. The van der Waals surface area contributed by atoms with Crippen LogP contribution < -0.4 is 10.1 Å². The largest absolute Gasteiger partial charge is 0.495 e. The van der Waals surface area contributed by atoms with Crippen LogP contribution >= 0.6 is 11.6 Å². The molecule has 0 bridgehead atoms. The van der Waals surface area contributed by atoms with Gasteiger partial charge in [-0.25, -0.2) is 0 Å². The number of hydrogen-bond donors (Lipinski definition) is 1. The molecular formula is C21H24ClN3O4S. The fourth-order valence-corrected chi connectivity index (χ4v) is 4.60. The first-order valence-corrected chi connectivity index (χ1v) is 11.4. The second-order valence-corrected chi connectivity index (χ2v) is 9.06. The smallest absolute Gasteiger partial charge is 0.284 e. The highest BCUT2D eigenvalue weighted by Crippen LogP contribution is 2.25. The molecule has 1 saturated heterocycles. The zero-order chi connectivity index (χ0) is 21.7. The second-order valence-electron chi connectivity index (χ2n) is 7.05. The Morgan fingerprint density at radius 3 is 2.73 bits per heavy atom. The summed E-state index contributed by atoms with van der Waals surface area (Å²) in [6.45, 7) is 0.795. The SMILES string of the molecule is COc1ccc(CCC(=O)Nc2cccc(S(=O)(=O)N=C3CCCN3C)c2)cc1Cl. The molecule has 1 aliphatic heterocycles. The standard InChI is InChI=1S/C21H24ClN3O4S/c1-25-12-4-7-20(25)24-30(27,28)17-6-3-5-16(14-17)23-21(26)11-9-15-8-10-19(29-2)18(22)13-15/h3,5-6,8,10,13-14H,4,7,9,11-12H2,1-2H3,(H,23,26). The van der Waals surface area contributed by atoms with Crippen molar-refractivity contribution in [2.45, 2.75) is 30.6 Å². The molecule has 1 heterocycles. The summed E-state index contributed by atoms with van der Waals surface area (Å²) in [6, 6.07) is 11.5. The van der Waals surface area contributed by atoms with E-state index in [9.17, 15) is 13.2 Å². The molecule has 1 fully saturated rings. The second kappa shape index (κ2) is 9.49. The molecule has 1 aliphatic rings. The Labute approximate surface area is 181 Å². The van der Waals surface area contributed by atoms with Crippen molar-refractivity contribution in [3.8, 4) is 5.75 Å². The lowest BCUT2D eigenvalue weighted by Gasteiger charge is -2.11. The molecule has 0 saturated carbocycles. The fraction of sp³-hybridized carbons (Fsp3) is 0.333. The lowest BCUT2D eigenvalue weighted by molar-refractivity contribution is -0.116. The number of halogens is 1. The number of methoxy groups -OCH3 is 1. The van der Waals surface area contributed by atoms with Gasteiger partial charge in [-0.05, 0) is 48.7 Å². The maximum Gasteiger partial charge on any atom is 0.284 e. The van der Waals surface area contributed by atoms with Gasteiger partial charge in [0.2, 0.25) is 5.91 Å². The molecule has 7 nitrogen and oxygen atoms in total. The zero-order valence-corrected chi connectivity index (χ0v) is 18.5. The van der Waals surface area contributed by atoms with Gasteiger partial charge in [0, 0.05) is 32.1 Å². The minimum atomic E-state index is -3.83. The van der Waals surface area contributed by atoms with Crippen molar-refractivity contribution in [1.29, 1.82) is 0 Å². The molecule has 3 rings (SSSR count). The maximum absolute atomic E-state index is 12.6. The van der Waals surface area contributed by atoms with Crippen molar-refractivity contribution in [3.63, 3.8) is 0 Å². The number of amides is 1. The molecule has 30 heavy (non-hydrogen) atoms. The molecule has 0 radical (unpaired) electrons. The predicted molar refractivity (Wildman–Crippen MR) is 118 cm³/mol. The number of benzene rings is 2. The van der Waals surface area contributed by atoms with Gasteiger partial charge in [0.1, 0.15) is 11.6 Å². The number of carbonyl (C=O) groups excluding carboxylic acids is 1. The van der Waals surface area contributed by atoms with E-state index in [2.05, 4.69) is 9.71 Å². The van der Waals surface area contributed by atoms with Crippen molar-refractivity contribution in [3.05, 3.63) is 53.1 Å². The molecule has 0 atom stereocenters. The van der Waals surface area contributed by atoms with Crippen LogP contribution in [0.15, 0.2) is 51.8 Å². The van der Waals surface area contributed by atoms with E-state index in [1.165, 1.54) is 12.1 Å². The van der Waals surface area contributed by atoms with Crippen LogP contribution in [0.5, 0.6) is 5.75 Å². The molecule has 0 aliphatic carbocycles. The topological polar surface area (TPSA) is 88.1 Å².